The van der Waals surface area contributed by atoms with E-state index >= 15 is 0 Å². The Bertz CT molecular complexity index is 936. The smallest absolute Gasteiger partial charge is 0.310 e. The number of carbonyl (C=O) groups excluding carboxylic acids is 2. The average molecular weight is 442 g/mol. The van der Waals surface area contributed by atoms with E-state index < -0.39 is 23.8 Å². The second-order valence-electron chi connectivity index (χ2n) is 7.67. The lowest BCUT2D eigenvalue weighted by molar-refractivity contribution is -0.180. The lowest BCUT2D eigenvalue weighted by atomic mass is 9.52. The van der Waals surface area contributed by atoms with Gasteiger partial charge in [-0.1, -0.05) is 12.1 Å². The highest BCUT2D eigenvalue weighted by Gasteiger charge is 2.60. The zero-order valence-corrected chi connectivity index (χ0v) is 18.5. The van der Waals surface area contributed by atoms with E-state index in [4.69, 9.17) is 28.4 Å². The Morgan fingerprint density at radius 1 is 0.594 bits per heavy atom. The van der Waals surface area contributed by atoms with Crippen LogP contribution in [0.25, 0.3) is 0 Å². The monoisotopic (exact) mass is 442 g/mol. The molecule has 0 bridgehead atoms. The number of hydrogen-bond acceptors (Lipinski definition) is 8. The third kappa shape index (κ3) is 3.59. The summed E-state index contributed by atoms with van der Waals surface area (Å²) in [6.07, 6.45) is 0. The highest BCUT2D eigenvalue weighted by Crippen LogP contribution is 2.60. The summed E-state index contributed by atoms with van der Waals surface area (Å²) >= 11 is 0. The van der Waals surface area contributed by atoms with Gasteiger partial charge in [0.1, 0.15) is 13.2 Å². The Hall–Kier alpha value is -3.42. The summed E-state index contributed by atoms with van der Waals surface area (Å²) in [5.41, 5.74) is 1.68. The summed E-state index contributed by atoms with van der Waals surface area (Å²) in [5, 5.41) is 0. The van der Waals surface area contributed by atoms with Gasteiger partial charge in [-0.15, -0.1) is 0 Å². The molecule has 32 heavy (non-hydrogen) atoms. The zero-order valence-electron chi connectivity index (χ0n) is 18.5. The Labute approximate surface area is 186 Å². The van der Waals surface area contributed by atoms with Crippen LogP contribution in [-0.4, -0.2) is 53.6 Å². The van der Waals surface area contributed by atoms with Gasteiger partial charge in [-0.05, 0) is 35.4 Å². The van der Waals surface area contributed by atoms with Crippen molar-refractivity contribution in [2.24, 2.45) is 11.8 Å². The van der Waals surface area contributed by atoms with Crippen molar-refractivity contribution >= 4 is 11.9 Å². The molecule has 2 fully saturated rings. The Morgan fingerprint density at radius 2 is 0.969 bits per heavy atom. The van der Waals surface area contributed by atoms with Crippen molar-refractivity contribution < 1.29 is 38.0 Å². The number of cyclic esters (lactones) is 2. The fourth-order valence-electron chi connectivity index (χ4n) is 4.76. The van der Waals surface area contributed by atoms with Gasteiger partial charge in [-0.3, -0.25) is 9.59 Å². The van der Waals surface area contributed by atoms with E-state index in [1.165, 1.54) is 0 Å². The molecule has 1 saturated carbocycles. The molecule has 2 aliphatic rings. The highest BCUT2D eigenvalue weighted by atomic mass is 16.6. The summed E-state index contributed by atoms with van der Waals surface area (Å²) in [4.78, 5) is 25.8. The molecule has 0 unspecified atom stereocenters. The van der Waals surface area contributed by atoms with Crippen LogP contribution >= 0.6 is 0 Å². The van der Waals surface area contributed by atoms with Crippen molar-refractivity contribution in [2.45, 2.75) is 11.8 Å². The molecule has 2 aromatic rings. The number of ether oxygens (including phenoxy) is 6. The van der Waals surface area contributed by atoms with Crippen LogP contribution in [-0.2, 0) is 19.1 Å². The molecule has 1 aliphatic carbocycles. The van der Waals surface area contributed by atoms with Crippen LogP contribution < -0.4 is 18.9 Å². The maximum absolute atomic E-state index is 12.9. The second kappa shape index (κ2) is 8.98. The summed E-state index contributed by atoms with van der Waals surface area (Å²) in [6, 6.07) is 11.0. The normalized spacial score (nSPS) is 24.6. The summed E-state index contributed by atoms with van der Waals surface area (Å²) < 4.78 is 32.4. The van der Waals surface area contributed by atoms with Gasteiger partial charge in [-0.25, -0.2) is 0 Å². The molecule has 0 spiro atoms. The molecule has 2 aromatic carbocycles. The fourth-order valence-corrected chi connectivity index (χ4v) is 4.76. The number of benzene rings is 2. The molecule has 8 nitrogen and oxygen atoms in total. The van der Waals surface area contributed by atoms with Crippen molar-refractivity contribution in [3.05, 3.63) is 47.5 Å². The minimum atomic E-state index is -0.668. The molecule has 4 rings (SSSR count). The van der Waals surface area contributed by atoms with E-state index in [-0.39, 0.29) is 25.0 Å². The topological polar surface area (TPSA) is 89.5 Å². The van der Waals surface area contributed by atoms with Crippen molar-refractivity contribution in [1.29, 1.82) is 0 Å². The molecule has 0 aromatic heterocycles. The van der Waals surface area contributed by atoms with E-state index in [1.54, 1.807) is 40.6 Å². The summed E-state index contributed by atoms with van der Waals surface area (Å²) in [5.74, 6) is -0.539. The molecule has 8 heteroatoms. The average Bonchev–Trinajstić information content (AvgIpc) is 2.80. The Kier molecular flexibility index (Phi) is 6.12. The Balaban J connectivity index is 1.83. The molecule has 170 valence electrons. The van der Waals surface area contributed by atoms with Gasteiger partial charge in [0.15, 0.2) is 23.0 Å². The minimum absolute atomic E-state index is 0.0491. The minimum Gasteiger partial charge on any atom is -0.493 e. The molecule has 1 saturated heterocycles. The predicted octanol–water partition coefficient (Wildman–Crippen LogP) is 2.93. The van der Waals surface area contributed by atoms with Gasteiger partial charge in [0.05, 0.1) is 40.3 Å². The van der Waals surface area contributed by atoms with Crippen LogP contribution in [0, 0.1) is 11.8 Å². The van der Waals surface area contributed by atoms with Crippen molar-refractivity contribution in [3.63, 3.8) is 0 Å². The van der Waals surface area contributed by atoms with Crippen LogP contribution in [0.5, 0.6) is 23.0 Å². The van der Waals surface area contributed by atoms with Crippen LogP contribution in [0.1, 0.15) is 23.0 Å². The van der Waals surface area contributed by atoms with Crippen molar-refractivity contribution in [3.8, 4) is 23.0 Å². The number of fused-ring (bicyclic) bond motifs is 1. The fraction of sp³-hybridized carbons (Fsp3) is 0.417. The van der Waals surface area contributed by atoms with E-state index in [9.17, 15) is 9.59 Å². The number of esters is 2. The lowest BCUT2D eigenvalue weighted by Gasteiger charge is -2.50. The largest absolute Gasteiger partial charge is 0.493 e. The maximum atomic E-state index is 12.9. The zero-order chi connectivity index (χ0) is 22.8. The number of hydrogen-bond donors (Lipinski definition) is 0. The third-order valence-corrected chi connectivity index (χ3v) is 6.25. The van der Waals surface area contributed by atoms with Gasteiger partial charge in [0, 0.05) is 11.8 Å². The summed E-state index contributed by atoms with van der Waals surface area (Å²) in [7, 11) is 6.23. The lowest BCUT2D eigenvalue weighted by Crippen LogP contribution is -2.53. The number of methoxy groups -OCH3 is 4. The maximum Gasteiger partial charge on any atom is 0.310 e. The van der Waals surface area contributed by atoms with Crippen LogP contribution in [0.3, 0.4) is 0 Å². The Morgan fingerprint density at radius 3 is 1.31 bits per heavy atom. The van der Waals surface area contributed by atoms with Crippen LogP contribution in [0.2, 0.25) is 0 Å². The van der Waals surface area contributed by atoms with Crippen LogP contribution in [0.15, 0.2) is 36.4 Å². The quantitative estimate of drug-likeness (QED) is 0.631. The first-order valence-corrected chi connectivity index (χ1v) is 10.3. The van der Waals surface area contributed by atoms with E-state index in [1.807, 2.05) is 24.3 Å². The molecule has 1 heterocycles. The predicted molar refractivity (Wildman–Crippen MR) is 113 cm³/mol. The van der Waals surface area contributed by atoms with Gasteiger partial charge < -0.3 is 28.4 Å². The van der Waals surface area contributed by atoms with Gasteiger partial charge in [-0.2, -0.15) is 0 Å². The molecule has 4 atom stereocenters. The SMILES string of the molecule is COc1ccc([C@@H]2[C@H]3C(=O)OCCOC(=O)[C@@H]3[C@@H]2c2ccc(OC)c(OC)c2)cc1OC. The van der Waals surface area contributed by atoms with Crippen molar-refractivity contribution in [1.82, 2.24) is 0 Å². The molecule has 1 aliphatic heterocycles. The standard InChI is InChI=1S/C24H26O8/c1-27-15-7-5-13(11-17(15)29-3)19-20(14-6-8-16(28-2)18(12-14)30-4)22-21(19)23(25)31-9-10-32-24(22)26/h5-8,11-12,19-22H,9-10H2,1-4H3/t19-,20+,21-,22-/m1/s1. The second-order valence-corrected chi connectivity index (χ2v) is 7.67. The van der Waals surface area contributed by atoms with Crippen molar-refractivity contribution in [2.75, 3.05) is 41.7 Å². The van der Waals surface area contributed by atoms with Gasteiger partial charge >= 0.3 is 11.9 Å². The first-order valence-electron chi connectivity index (χ1n) is 10.3. The first kappa shape index (κ1) is 21.8. The third-order valence-electron chi connectivity index (χ3n) is 6.25. The molecular weight excluding hydrogens is 416 g/mol. The van der Waals surface area contributed by atoms with E-state index in [0.29, 0.717) is 23.0 Å². The van der Waals surface area contributed by atoms with Gasteiger partial charge in [0.2, 0.25) is 0 Å². The molecular formula is C24H26O8. The first-order chi connectivity index (χ1) is 15.5. The molecule has 0 N–H and O–H groups in total. The highest BCUT2D eigenvalue weighted by molar-refractivity contribution is 5.87. The van der Waals surface area contributed by atoms with Gasteiger partial charge in [0.25, 0.3) is 0 Å². The van der Waals surface area contributed by atoms with E-state index in [0.717, 1.165) is 11.1 Å². The summed E-state index contributed by atoms with van der Waals surface area (Å²) in [6.45, 7) is 0.0982. The van der Waals surface area contributed by atoms with E-state index in [2.05, 4.69) is 0 Å². The molecule has 0 amide bonds. The number of carbonyl (C=O) groups is 2. The molecule has 0 radical (unpaired) electrons. The van der Waals surface area contributed by atoms with Crippen LogP contribution in [0.4, 0.5) is 0 Å². The number of rotatable bonds is 6.